The highest BCUT2D eigenvalue weighted by molar-refractivity contribution is 5.84. The fourth-order valence-electron chi connectivity index (χ4n) is 1.40. The largest absolute Gasteiger partial charge is 0.508 e. The van der Waals surface area contributed by atoms with Crippen molar-refractivity contribution in [1.82, 2.24) is 4.98 Å². The molecule has 0 spiro atoms. The Kier molecular flexibility index (Phi) is 2.55. The van der Waals surface area contributed by atoms with Crippen LogP contribution in [-0.2, 0) is 0 Å². The van der Waals surface area contributed by atoms with Gasteiger partial charge in [0.15, 0.2) is 6.29 Å². The molecule has 1 aromatic carbocycles. The molecule has 4 nitrogen and oxygen atoms in total. The smallest absolute Gasteiger partial charge is 0.153 e. The molecule has 1 heterocycles. The first kappa shape index (κ1) is 10.2. The van der Waals surface area contributed by atoms with E-state index in [4.69, 9.17) is 10.8 Å². The van der Waals surface area contributed by atoms with E-state index in [2.05, 4.69) is 4.98 Å². The molecule has 0 saturated carbocycles. The van der Waals surface area contributed by atoms with Crippen molar-refractivity contribution < 1.29 is 9.90 Å². The maximum absolute atomic E-state index is 10.7. The quantitative estimate of drug-likeness (QED) is 0.748. The number of aldehydes is 1. The number of hydrogen-bond acceptors (Lipinski definition) is 4. The van der Waals surface area contributed by atoms with Crippen LogP contribution in [0.4, 0.5) is 5.82 Å². The number of nitrogen functional groups attached to an aromatic ring is 1. The summed E-state index contributed by atoms with van der Waals surface area (Å²) in [6, 6.07) is 8.31. The predicted molar refractivity (Wildman–Crippen MR) is 61.1 cm³/mol. The van der Waals surface area contributed by atoms with Crippen molar-refractivity contribution in [2.75, 3.05) is 5.73 Å². The normalized spacial score (nSPS) is 10.0. The second-order valence-corrected chi connectivity index (χ2v) is 3.36. The minimum Gasteiger partial charge on any atom is -0.508 e. The summed E-state index contributed by atoms with van der Waals surface area (Å²) in [5, 5.41) is 9.16. The van der Waals surface area contributed by atoms with E-state index < -0.39 is 0 Å². The number of nitrogens with zero attached hydrogens (tertiary/aromatic N) is 1. The second-order valence-electron chi connectivity index (χ2n) is 3.36. The van der Waals surface area contributed by atoms with Gasteiger partial charge in [0.05, 0.1) is 5.56 Å². The number of carbonyl (C=O) groups excluding carboxylic acids is 1. The first-order valence-electron chi connectivity index (χ1n) is 4.71. The Hall–Kier alpha value is -2.36. The van der Waals surface area contributed by atoms with Crippen LogP contribution in [-0.4, -0.2) is 16.4 Å². The lowest BCUT2D eigenvalue weighted by molar-refractivity contribution is 0.112. The molecule has 0 radical (unpaired) electrons. The number of pyridine rings is 1. The summed E-state index contributed by atoms with van der Waals surface area (Å²) >= 11 is 0. The third kappa shape index (κ3) is 1.86. The van der Waals surface area contributed by atoms with Gasteiger partial charge in [0.25, 0.3) is 0 Å². The van der Waals surface area contributed by atoms with Crippen LogP contribution in [0.1, 0.15) is 10.4 Å². The third-order valence-corrected chi connectivity index (χ3v) is 2.28. The van der Waals surface area contributed by atoms with E-state index in [1.165, 1.54) is 0 Å². The van der Waals surface area contributed by atoms with Crippen molar-refractivity contribution in [2.24, 2.45) is 0 Å². The van der Waals surface area contributed by atoms with E-state index >= 15 is 0 Å². The fraction of sp³-hybridized carbons (Fsp3) is 0. The Morgan fingerprint density at radius 2 is 1.88 bits per heavy atom. The molecule has 0 unspecified atom stereocenters. The van der Waals surface area contributed by atoms with E-state index in [1.54, 1.807) is 36.5 Å². The maximum Gasteiger partial charge on any atom is 0.153 e. The highest BCUT2D eigenvalue weighted by Gasteiger charge is 2.03. The van der Waals surface area contributed by atoms with Gasteiger partial charge >= 0.3 is 0 Å². The lowest BCUT2D eigenvalue weighted by atomic mass is 10.1. The van der Waals surface area contributed by atoms with Gasteiger partial charge in [-0.05, 0) is 23.8 Å². The van der Waals surface area contributed by atoms with Gasteiger partial charge in [-0.15, -0.1) is 0 Å². The topological polar surface area (TPSA) is 76.2 Å². The zero-order valence-electron chi connectivity index (χ0n) is 8.42. The summed E-state index contributed by atoms with van der Waals surface area (Å²) in [6.45, 7) is 0. The third-order valence-electron chi connectivity index (χ3n) is 2.28. The summed E-state index contributed by atoms with van der Waals surface area (Å²) in [4.78, 5) is 14.6. The van der Waals surface area contributed by atoms with Crippen LogP contribution in [0.15, 0.2) is 36.5 Å². The van der Waals surface area contributed by atoms with E-state index in [9.17, 15) is 4.79 Å². The highest BCUT2D eigenvalue weighted by atomic mass is 16.3. The summed E-state index contributed by atoms with van der Waals surface area (Å²) in [5.74, 6) is 0.417. The molecule has 2 aromatic rings. The van der Waals surface area contributed by atoms with Crippen LogP contribution < -0.4 is 5.73 Å². The lowest BCUT2D eigenvalue weighted by Gasteiger charge is -2.03. The van der Waals surface area contributed by atoms with Crippen molar-refractivity contribution in [3.63, 3.8) is 0 Å². The second kappa shape index (κ2) is 4.02. The van der Waals surface area contributed by atoms with Gasteiger partial charge in [-0.3, -0.25) is 4.79 Å². The van der Waals surface area contributed by atoms with Crippen LogP contribution in [0.25, 0.3) is 11.1 Å². The summed E-state index contributed by atoms with van der Waals surface area (Å²) in [7, 11) is 0. The molecule has 4 heteroatoms. The molecular formula is C12H10N2O2. The number of phenols is 1. The highest BCUT2D eigenvalue weighted by Crippen LogP contribution is 2.23. The van der Waals surface area contributed by atoms with Crippen molar-refractivity contribution in [3.8, 4) is 16.9 Å². The van der Waals surface area contributed by atoms with Crippen molar-refractivity contribution in [2.45, 2.75) is 0 Å². The lowest BCUT2D eigenvalue weighted by Crippen LogP contribution is -1.96. The van der Waals surface area contributed by atoms with Crippen LogP contribution in [0, 0.1) is 0 Å². The number of benzene rings is 1. The number of nitrogens with two attached hydrogens (primary N) is 1. The number of anilines is 1. The van der Waals surface area contributed by atoms with Crippen LogP contribution >= 0.6 is 0 Å². The molecule has 0 aliphatic carbocycles. The van der Waals surface area contributed by atoms with Gasteiger partial charge < -0.3 is 10.8 Å². The fourth-order valence-corrected chi connectivity index (χ4v) is 1.40. The first-order chi connectivity index (χ1) is 7.70. The molecule has 2 rings (SSSR count). The molecule has 0 aliphatic heterocycles. The van der Waals surface area contributed by atoms with E-state index in [0.717, 1.165) is 11.1 Å². The molecule has 0 saturated heterocycles. The molecule has 1 aromatic heterocycles. The van der Waals surface area contributed by atoms with Crippen molar-refractivity contribution in [1.29, 1.82) is 0 Å². The summed E-state index contributed by atoms with van der Waals surface area (Å²) in [5.41, 5.74) is 7.54. The molecule has 0 fully saturated rings. The summed E-state index contributed by atoms with van der Waals surface area (Å²) in [6.07, 6.45) is 2.26. The Morgan fingerprint density at radius 1 is 1.19 bits per heavy atom. The van der Waals surface area contributed by atoms with Gasteiger partial charge in [0.2, 0.25) is 0 Å². The Balaban J connectivity index is 2.48. The molecular weight excluding hydrogens is 204 g/mol. The monoisotopic (exact) mass is 214 g/mol. The standard InChI is InChI=1S/C12H10N2O2/c13-12-10(7-15)5-9(6-14-12)8-1-3-11(16)4-2-8/h1-7,16H,(H2,13,14). The number of aromatic nitrogens is 1. The van der Waals surface area contributed by atoms with Gasteiger partial charge in [0, 0.05) is 11.8 Å². The number of rotatable bonds is 2. The average Bonchev–Trinajstić information content (AvgIpc) is 2.31. The Morgan fingerprint density at radius 3 is 2.50 bits per heavy atom. The minimum absolute atomic E-state index is 0.197. The van der Waals surface area contributed by atoms with Gasteiger partial charge in [0.1, 0.15) is 11.6 Å². The predicted octanol–water partition coefficient (Wildman–Crippen LogP) is 1.85. The zero-order valence-corrected chi connectivity index (χ0v) is 8.42. The van der Waals surface area contributed by atoms with Gasteiger partial charge in [-0.25, -0.2) is 4.98 Å². The number of aromatic hydroxyl groups is 1. The molecule has 3 N–H and O–H groups in total. The zero-order chi connectivity index (χ0) is 11.5. The molecule has 80 valence electrons. The van der Waals surface area contributed by atoms with Crippen molar-refractivity contribution >= 4 is 12.1 Å². The van der Waals surface area contributed by atoms with Crippen LogP contribution in [0.2, 0.25) is 0 Å². The number of hydrogen-bond donors (Lipinski definition) is 2. The maximum atomic E-state index is 10.7. The molecule has 0 aliphatic rings. The average molecular weight is 214 g/mol. The van der Waals surface area contributed by atoms with E-state index in [1.807, 2.05) is 0 Å². The molecule has 16 heavy (non-hydrogen) atoms. The first-order valence-corrected chi connectivity index (χ1v) is 4.71. The minimum atomic E-state index is 0.197. The number of carbonyl (C=O) groups is 1. The van der Waals surface area contributed by atoms with Crippen molar-refractivity contribution in [3.05, 3.63) is 42.1 Å². The van der Waals surface area contributed by atoms with E-state index in [0.29, 0.717) is 11.8 Å². The van der Waals surface area contributed by atoms with Gasteiger partial charge in [-0.2, -0.15) is 0 Å². The Bertz CT molecular complexity index is 521. The number of phenolic OH excluding ortho intramolecular Hbond substituents is 1. The SMILES string of the molecule is Nc1ncc(-c2ccc(O)cc2)cc1C=O. The van der Waals surface area contributed by atoms with E-state index in [-0.39, 0.29) is 11.6 Å². The van der Waals surface area contributed by atoms with Crippen LogP contribution in [0.5, 0.6) is 5.75 Å². The molecule has 0 bridgehead atoms. The van der Waals surface area contributed by atoms with Crippen LogP contribution in [0.3, 0.4) is 0 Å². The summed E-state index contributed by atoms with van der Waals surface area (Å²) < 4.78 is 0. The molecule has 0 amide bonds. The Labute approximate surface area is 92.4 Å². The van der Waals surface area contributed by atoms with Gasteiger partial charge in [-0.1, -0.05) is 12.1 Å². The molecule has 0 atom stereocenters.